The molecule has 94 valence electrons. The largest absolute Gasteiger partial charge is 0.393 e. The maximum absolute atomic E-state index is 5.58. The summed E-state index contributed by atoms with van der Waals surface area (Å²) in [7, 11) is 0. The molecule has 3 heteroatoms. The molecule has 0 aromatic rings. The predicted octanol–water partition coefficient (Wildman–Crippen LogP) is 2.95. The second-order valence-electron chi connectivity index (χ2n) is 4.94. The molecule has 2 N–H and O–H groups in total. The van der Waals surface area contributed by atoms with Gasteiger partial charge in [0, 0.05) is 19.0 Å². The van der Waals surface area contributed by atoms with Crippen molar-refractivity contribution in [1.29, 1.82) is 0 Å². The van der Waals surface area contributed by atoms with Crippen molar-refractivity contribution in [2.24, 2.45) is 11.7 Å². The zero-order chi connectivity index (χ0) is 12.0. The van der Waals surface area contributed by atoms with Gasteiger partial charge in [-0.25, -0.2) is 0 Å². The molecule has 0 saturated heterocycles. The van der Waals surface area contributed by atoms with E-state index in [2.05, 4.69) is 18.7 Å². The Morgan fingerprint density at radius 1 is 1.38 bits per heavy atom. The van der Waals surface area contributed by atoms with Crippen LogP contribution >= 0.6 is 12.2 Å². The van der Waals surface area contributed by atoms with E-state index in [1.165, 1.54) is 32.1 Å². The summed E-state index contributed by atoms with van der Waals surface area (Å²) in [6.45, 7) is 6.74. The highest BCUT2D eigenvalue weighted by Crippen LogP contribution is 2.29. The van der Waals surface area contributed by atoms with Gasteiger partial charge in [-0.3, -0.25) is 0 Å². The highest BCUT2D eigenvalue weighted by Gasteiger charge is 2.24. The monoisotopic (exact) mass is 242 g/mol. The van der Waals surface area contributed by atoms with Gasteiger partial charge in [0.15, 0.2) is 0 Å². The van der Waals surface area contributed by atoms with E-state index >= 15 is 0 Å². The quantitative estimate of drug-likeness (QED) is 0.726. The van der Waals surface area contributed by atoms with E-state index in [9.17, 15) is 0 Å². The second-order valence-corrected chi connectivity index (χ2v) is 5.46. The van der Waals surface area contributed by atoms with E-state index in [1.807, 2.05) is 0 Å². The van der Waals surface area contributed by atoms with Crippen LogP contribution in [0.4, 0.5) is 0 Å². The summed E-state index contributed by atoms with van der Waals surface area (Å²) in [5, 5.41) is 0. The fourth-order valence-electron chi connectivity index (χ4n) is 2.82. The molecule has 1 aliphatic rings. The summed E-state index contributed by atoms with van der Waals surface area (Å²) in [6.07, 6.45) is 7.77. The number of rotatable bonds is 6. The van der Waals surface area contributed by atoms with E-state index in [-0.39, 0.29) is 0 Å². The van der Waals surface area contributed by atoms with Gasteiger partial charge >= 0.3 is 0 Å². The van der Waals surface area contributed by atoms with Gasteiger partial charge in [0.25, 0.3) is 0 Å². The average molecular weight is 242 g/mol. The first kappa shape index (κ1) is 13.9. The minimum absolute atomic E-state index is 0.654. The Bertz CT molecular complexity index is 218. The molecule has 0 spiro atoms. The predicted molar refractivity (Wildman–Crippen MR) is 74.7 cm³/mol. The lowest BCUT2D eigenvalue weighted by molar-refractivity contribution is 0.137. The Hall–Kier alpha value is -0.150. The van der Waals surface area contributed by atoms with Crippen molar-refractivity contribution in [2.45, 2.75) is 58.4 Å². The van der Waals surface area contributed by atoms with Crippen molar-refractivity contribution in [1.82, 2.24) is 4.90 Å². The molecular weight excluding hydrogens is 216 g/mol. The average Bonchev–Trinajstić information content (AvgIpc) is 2.30. The van der Waals surface area contributed by atoms with Crippen LogP contribution in [-0.2, 0) is 0 Å². The zero-order valence-electron chi connectivity index (χ0n) is 10.7. The van der Waals surface area contributed by atoms with Crippen molar-refractivity contribution in [2.75, 3.05) is 13.1 Å². The molecule has 0 heterocycles. The van der Waals surface area contributed by atoms with E-state index in [0.717, 1.165) is 31.5 Å². The van der Waals surface area contributed by atoms with Crippen molar-refractivity contribution in [3.05, 3.63) is 0 Å². The van der Waals surface area contributed by atoms with Crippen LogP contribution in [0.5, 0.6) is 0 Å². The van der Waals surface area contributed by atoms with E-state index in [1.54, 1.807) is 0 Å². The summed E-state index contributed by atoms with van der Waals surface area (Å²) in [6, 6.07) is 0.776. The van der Waals surface area contributed by atoms with Crippen LogP contribution in [-0.4, -0.2) is 29.0 Å². The van der Waals surface area contributed by atoms with Gasteiger partial charge in [0.05, 0.1) is 4.99 Å². The maximum atomic E-state index is 5.58. The number of thiocarbonyl (C=S) groups is 1. The van der Waals surface area contributed by atoms with Gasteiger partial charge in [0.1, 0.15) is 0 Å². The third-order valence-electron chi connectivity index (χ3n) is 3.90. The first-order valence-electron chi connectivity index (χ1n) is 6.69. The maximum Gasteiger partial charge on any atom is 0.0740 e. The highest BCUT2D eigenvalue weighted by molar-refractivity contribution is 7.80. The fraction of sp³-hybridized carbons (Fsp3) is 0.923. The first-order valence-corrected chi connectivity index (χ1v) is 7.10. The van der Waals surface area contributed by atoms with Crippen molar-refractivity contribution >= 4 is 17.2 Å². The Morgan fingerprint density at radius 3 is 2.69 bits per heavy atom. The van der Waals surface area contributed by atoms with Crippen LogP contribution in [0.25, 0.3) is 0 Å². The van der Waals surface area contributed by atoms with Gasteiger partial charge in [-0.15, -0.1) is 0 Å². The van der Waals surface area contributed by atoms with E-state index in [4.69, 9.17) is 18.0 Å². The van der Waals surface area contributed by atoms with E-state index in [0.29, 0.717) is 4.99 Å². The topological polar surface area (TPSA) is 29.3 Å². The fourth-order valence-corrected chi connectivity index (χ4v) is 2.91. The summed E-state index contributed by atoms with van der Waals surface area (Å²) < 4.78 is 0. The minimum atomic E-state index is 0.654. The van der Waals surface area contributed by atoms with Crippen LogP contribution in [0.3, 0.4) is 0 Å². The lowest BCUT2D eigenvalue weighted by Crippen LogP contribution is -2.40. The summed E-state index contributed by atoms with van der Waals surface area (Å²) >= 11 is 4.96. The van der Waals surface area contributed by atoms with Crippen molar-refractivity contribution in [3.63, 3.8) is 0 Å². The number of hydrogen-bond donors (Lipinski definition) is 1. The second kappa shape index (κ2) is 7.23. The number of hydrogen-bond acceptors (Lipinski definition) is 2. The highest BCUT2D eigenvalue weighted by atomic mass is 32.1. The Kier molecular flexibility index (Phi) is 6.29. The van der Waals surface area contributed by atoms with Gasteiger partial charge < -0.3 is 10.6 Å². The minimum Gasteiger partial charge on any atom is -0.393 e. The smallest absolute Gasteiger partial charge is 0.0740 e. The van der Waals surface area contributed by atoms with Crippen LogP contribution in [0, 0.1) is 5.92 Å². The molecule has 2 unspecified atom stereocenters. The lowest BCUT2D eigenvalue weighted by atomic mass is 9.83. The van der Waals surface area contributed by atoms with Gasteiger partial charge in [-0.2, -0.15) is 0 Å². The van der Waals surface area contributed by atoms with Crippen LogP contribution in [0.15, 0.2) is 0 Å². The molecule has 0 aromatic carbocycles. The molecule has 1 saturated carbocycles. The SMILES string of the molecule is CCC1CCCC(N(CC)CCC(N)=S)C1. The molecule has 0 radical (unpaired) electrons. The van der Waals surface area contributed by atoms with Gasteiger partial charge in [-0.05, 0) is 25.3 Å². The summed E-state index contributed by atoms with van der Waals surface area (Å²) in [5.41, 5.74) is 5.58. The molecule has 0 aromatic heterocycles. The Balaban J connectivity index is 2.41. The molecule has 1 fully saturated rings. The number of nitrogens with zero attached hydrogens (tertiary/aromatic N) is 1. The normalized spacial score (nSPS) is 25.9. The standard InChI is InChI=1S/C13H26N2S/c1-3-11-6-5-7-12(10-11)15(4-2)9-8-13(14)16/h11-12H,3-10H2,1-2H3,(H2,14,16). The Morgan fingerprint density at radius 2 is 2.12 bits per heavy atom. The Labute approximate surface area is 106 Å². The molecular formula is C13H26N2S. The van der Waals surface area contributed by atoms with Crippen molar-refractivity contribution in [3.8, 4) is 0 Å². The molecule has 0 aliphatic heterocycles. The van der Waals surface area contributed by atoms with Gasteiger partial charge in [0.2, 0.25) is 0 Å². The molecule has 0 amide bonds. The molecule has 1 aliphatic carbocycles. The molecule has 0 bridgehead atoms. The molecule has 2 nitrogen and oxygen atoms in total. The molecule has 16 heavy (non-hydrogen) atoms. The number of nitrogens with two attached hydrogens (primary N) is 1. The zero-order valence-corrected chi connectivity index (χ0v) is 11.6. The van der Waals surface area contributed by atoms with Gasteiger partial charge in [-0.1, -0.05) is 45.3 Å². The third kappa shape index (κ3) is 4.38. The lowest BCUT2D eigenvalue weighted by Gasteiger charge is -2.36. The van der Waals surface area contributed by atoms with Crippen LogP contribution in [0.1, 0.15) is 52.4 Å². The summed E-state index contributed by atoms with van der Waals surface area (Å²) in [5.74, 6) is 0.942. The van der Waals surface area contributed by atoms with E-state index < -0.39 is 0 Å². The third-order valence-corrected chi connectivity index (χ3v) is 4.10. The van der Waals surface area contributed by atoms with Crippen LogP contribution in [0.2, 0.25) is 0 Å². The molecule has 1 rings (SSSR count). The molecule has 2 atom stereocenters. The summed E-state index contributed by atoms with van der Waals surface area (Å²) in [4.78, 5) is 3.22. The first-order chi connectivity index (χ1) is 7.67. The van der Waals surface area contributed by atoms with Crippen LogP contribution < -0.4 is 5.73 Å². The van der Waals surface area contributed by atoms with Crippen molar-refractivity contribution < 1.29 is 0 Å².